The number of aliphatic hydroxyl groups is 1. The van der Waals surface area contributed by atoms with Crippen LogP contribution in [0.2, 0.25) is 0 Å². The quantitative estimate of drug-likeness (QED) is 0.910. The molecule has 0 radical (unpaired) electrons. The molecular weight excluding hydrogens is 282 g/mol. The van der Waals surface area contributed by atoms with Gasteiger partial charge < -0.3 is 14.4 Å². The van der Waals surface area contributed by atoms with E-state index < -0.39 is 0 Å². The molecule has 0 spiro atoms. The van der Waals surface area contributed by atoms with Gasteiger partial charge in [0.25, 0.3) is 0 Å². The average molecular weight is 303 g/mol. The summed E-state index contributed by atoms with van der Waals surface area (Å²) in [6, 6.07) is 8.11. The Morgan fingerprint density at radius 2 is 2.32 bits per heavy atom. The molecule has 0 saturated carbocycles. The van der Waals surface area contributed by atoms with Crippen molar-refractivity contribution in [3.8, 4) is 5.75 Å². The summed E-state index contributed by atoms with van der Waals surface area (Å²) in [5, 5.41) is 14.1. The van der Waals surface area contributed by atoms with Crippen LogP contribution < -0.4 is 4.74 Å². The number of β-amino-alcohol motifs (C(OH)–C–C–N with tert-alkyl or cyclic N) is 1. The molecule has 6 heteroatoms. The van der Waals surface area contributed by atoms with Crippen LogP contribution in [0, 0.1) is 0 Å². The molecule has 2 heterocycles. The van der Waals surface area contributed by atoms with Crippen molar-refractivity contribution in [1.29, 1.82) is 0 Å². The zero-order valence-corrected chi connectivity index (χ0v) is 12.9. The van der Waals surface area contributed by atoms with Crippen molar-refractivity contribution in [2.24, 2.45) is 0 Å². The van der Waals surface area contributed by atoms with Crippen LogP contribution in [-0.2, 0) is 13.0 Å². The third-order valence-electron chi connectivity index (χ3n) is 4.02. The second kappa shape index (κ2) is 6.46. The van der Waals surface area contributed by atoms with Crippen LogP contribution in [0.25, 0.3) is 0 Å². The first kappa shape index (κ1) is 15.0. The minimum Gasteiger partial charge on any atom is -0.497 e. The Morgan fingerprint density at radius 3 is 3.05 bits per heavy atom. The Balaban J connectivity index is 1.79. The lowest BCUT2D eigenvalue weighted by Gasteiger charge is -2.23. The molecule has 0 amide bonds. The highest BCUT2D eigenvalue weighted by molar-refractivity contribution is 5.31. The van der Waals surface area contributed by atoms with Crippen LogP contribution in [0.15, 0.2) is 28.8 Å². The highest BCUT2D eigenvalue weighted by Gasteiger charge is 2.33. The Morgan fingerprint density at radius 1 is 1.45 bits per heavy atom. The number of benzene rings is 1. The lowest BCUT2D eigenvalue weighted by Crippen LogP contribution is -2.25. The van der Waals surface area contributed by atoms with Crippen LogP contribution in [0.4, 0.5) is 0 Å². The number of aryl methyl sites for hydroxylation is 1. The van der Waals surface area contributed by atoms with Crippen molar-refractivity contribution < 1.29 is 14.4 Å². The molecule has 2 atom stereocenters. The minimum atomic E-state index is -0.339. The molecule has 1 aromatic carbocycles. The SMILES string of the molecule is CCc1nc(CN2C[C@H](O)C[C@@H]2c2cccc(OC)c2)no1. The molecule has 2 aromatic rings. The van der Waals surface area contributed by atoms with Gasteiger partial charge in [0, 0.05) is 19.0 Å². The molecule has 118 valence electrons. The van der Waals surface area contributed by atoms with Crippen LogP contribution in [0.1, 0.15) is 36.7 Å². The van der Waals surface area contributed by atoms with E-state index in [0.29, 0.717) is 31.2 Å². The van der Waals surface area contributed by atoms with Crippen molar-refractivity contribution in [1.82, 2.24) is 15.0 Å². The van der Waals surface area contributed by atoms with Crippen LogP contribution in [-0.4, -0.2) is 39.9 Å². The number of hydrogen-bond donors (Lipinski definition) is 1. The summed E-state index contributed by atoms with van der Waals surface area (Å²) >= 11 is 0. The van der Waals surface area contributed by atoms with Crippen molar-refractivity contribution in [2.75, 3.05) is 13.7 Å². The van der Waals surface area contributed by atoms with Crippen LogP contribution in [0.3, 0.4) is 0 Å². The maximum atomic E-state index is 10.1. The highest BCUT2D eigenvalue weighted by Crippen LogP contribution is 2.34. The summed E-state index contributed by atoms with van der Waals surface area (Å²) in [5.41, 5.74) is 1.13. The van der Waals surface area contributed by atoms with E-state index in [9.17, 15) is 5.11 Å². The Hall–Kier alpha value is -1.92. The molecule has 1 aromatic heterocycles. The van der Waals surface area contributed by atoms with E-state index in [4.69, 9.17) is 9.26 Å². The molecule has 1 N–H and O–H groups in total. The van der Waals surface area contributed by atoms with Gasteiger partial charge in [0.15, 0.2) is 5.82 Å². The monoisotopic (exact) mass is 303 g/mol. The molecule has 0 unspecified atom stereocenters. The summed E-state index contributed by atoms with van der Waals surface area (Å²) in [5.74, 6) is 2.14. The molecular formula is C16H21N3O3. The zero-order chi connectivity index (χ0) is 15.5. The molecule has 1 saturated heterocycles. The lowest BCUT2D eigenvalue weighted by molar-refractivity contribution is 0.170. The molecule has 6 nitrogen and oxygen atoms in total. The van der Waals surface area contributed by atoms with Gasteiger partial charge in [-0.1, -0.05) is 24.2 Å². The second-order valence-electron chi connectivity index (χ2n) is 5.57. The molecule has 3 rings (SSSR count). The van der Waals surface area contributed by atoms with Crippen LogP contribution >= 0.6 is 0 Å². The van der Waals surface area contributed by atoms with Gasteiger partial charge in [-0.25, -0.2) is 0 Å². The van der Waals surface area contributed by atoms with Crippen molar-refractivity contribution in [2.45, 2.75) is 38.5 Å². The van der Waals surface area contributed by atoms with E-state index in [0.717, 1.165) is 17.7 Å². The van der Waals surface area contributed by atoms with E-state index in [1.165, 1.54) is 0 Å². The average Bonchev–Trinajstić information content (AvgIpc) is 3.14. The molecule has 1 aliphatic rings. The number of rotatable bonds is 5. The maximum absolute atomic E-state index is 10.1. The summed E-state index contributed by atoms with van der Waals surface area (Å²) < 4.78 is 10.5. The largest absolute Gasteiger partial charge is 0.497 e. The number of nitrogens with zero attached hydrogens (tertiary/aromatic N) is 3. The van der Waals surface area contributed by atoms with E-state index in [-0.39, 0.29) is 12.1 Å². The maximum Gasteiger partial charge on any atom is 0.226 e. The normalized spacial score (nSPS) is 22.1. The number of ether oxygens (including phenoxy) is 1. The smallest absolute Gasteiger partial charge is 0.226 e. The van der Waals surface area contributed by atoms with Crippen molar-refractivity contribution in [3.05, 3.63) is 41.5 Å². The van der Waals surface area contributed by atoms with E-state index in [2.05, 4.69) is 21.1 Å². The van der Waals surface area contributed by atoms with E-state index in [1.54, 1.807) is 7.11 Å². The fraction of sp³-hybridized carbons (Fsp3) is 0.500. The second-order valence-corrected chi connectivity index (χ2v) is 5.57. The minimum absolute atomic E-state index is 0.133. The molecule has 0 bridgehead atoms. The van der Waals surface area contributed by atoms with Crippen molar-refractivity contribution in [3.63, 3.8) is 0 Å². The first-order chi connectivity index (χ1) is 10.7. The third kappa shape index (κ3) is 3.13. The van der Waals surface area contributed by atoms with Crippen LogP contribution in [0.5, 0.6) is 5.75 Å². The number of likely N-dealkylation sites (tertiary alicyclic amines) is 1. The molecule has 1 aliphatic heterocycles. The summed E-state index contributed by atoms with van der Waals surface area (Å²) in [6.07, 6.45) is 1.09. The molecule has 0 aliphatic carbocycles. The highest BCUT2D eigenvalue weighted by atomic mass is 16.5. The fourth-order valence-corrected chi connectivity index (χ4v) is 2.93. The van der Waals surface area contributed by atoms with Gasteiger partial charge in [0.05, 0.1) is 19.8 Å². The van der Waals surface area contributed by atoms with Gasteiger partial charge in [-0.3, -0.25) is 4.90 Å². The van der Waals surface area contributed by atoms with Gasteiger partial charge in [0.1, 0.15) is 5.75 Å². The number of hydrogen-bond acceptors (Lipinski definition) is 6. The zero-order valence-electron chi connectivity index (χ0n) is 12.9. The topological polar surface area (TPSA) is 71.6 Å². The van der Waals surface area contributed by atoms with E-state index in [1.807, 2.05) is 25.1 Å². The summed E-state index contributed by atoms with van der Waals surface area (Å²) in [6.45, 7) is 3.16. The summed E-state index contributed by atoms with van der Waals surface area (Å²) in [7, 11) is 1.66. The third-order valence-corrected chi connectivity index (χ3v) is 4.02. The van der Waals surface area contributed by atoms with Gasteiger partial charge in [-0.05, 0) is 24.1 Å². The predicted octanol–water partition coefficient (Wildman–Crippen LogP) is 1.95. The van der Waals surface area contributed by atoms with Gasteiger partial charge in [-0.2, -0.15) is 4.98 Å². The standard InChI is InChI=1S/C16H21N3O3/c1-3-16-17-15(18-22-16)10-19-9-12(20)8-14(19)11-5-4-6-13(7-11)21-2/h4-7,12,14,20H,3,8-10H2,1-2H3/t12-,14-/m1/s1. The predicted molar refractivity (Wildman–Crippen MR) is 80.4 cm³/mol. The van der Waals surface area contributed by atoms with Gasteiger partial charge in [0.2, 0.25) is 5.89 Å². The number of methoxy groups -OCH3 is 1. The Labute approximate surface area is 129 Å². The van der Waals surface area contributed by atoms with Crippen molar-refractivity contribution >= 4 is 0 Å². The van der Waals surface area contributed by atoms with E-state index >= 15 is 0 Å². The lowest BCUT2D eigenvalue weighted by atomic mass is 10.0. The van der Waals surface area contributed by atoms with Gasteiger partial charge in [-0.15, -0.1) is 0 Å². The molecule has 22 heavy (non-hydrogen) atoms. The Bertz CT molecular complexity index is 629. The molecule has 1 fully saturated rings. The first-order valence-corrected chi connectivity index (χ1v) is 7.57. The van der Waals surface area contributed by atoms with Gasteiger partial charge >= 0.3 is 0 Å². The number of aliphatic hydroxyl groups excluding tert-OH is 1. The fourth-order valence-electron chi connectivity index (χ4n) is 2.93. The summed E-state index contributed by atoms with van der Waals surface area (Å²) in [4.78, 5) is 6.54. The first-order valence-electron chi connectivity index (χ1n) is 7.57. The number of aromatic nitrogens is 2. The Kier molecular flexibility index (Phi) is 4.40.